The van der Waals surface area contributed by atoms with Crippen molar-refractivity contribution in [1.82, 2.24) is 10.5 Å². The zero-order valence-electron chi connectivity index (χ0n) is 12.1. The molecule has 0 fully saturated rings. The number of carbonyl (C=O) groups is 1. The second-order valence-electron chi connectivity index (χ2n) is 4.92. The molecule has 1 aromatic carbocycles. The maximum atomic E-state index is 12.5. The lowest BCUT2D eigenvalue weighted by molar-refractivity contribution is -0.137. The van der Waals surface area contributed by atoms with E-state index in [2.05, 4.69) is 10.5 Å². The summed E-state index contributed by atoms with van der Waals surface area (Å²) in [6, 6.07) is 8.96. The molecule has 0 saturated carbocycles. The minimum absolute atomic E-state index is 0.0735. The van der Waals surface area contributed by atoms with Gasteiger partial charge in [-0.05, 0) is 36.4 Å². The smallest absolute Gasteiger partial charge is 0.416 e. The fourth-order valence-electron chi connectivity index (χ4n) is 2.01. The average molecular weight is 336 g/mol. The van der Waals surface area contributed by atoms with E-state index >= 15 is 0 Å². The third kappa shape index (κ3) is 3.48. The van der Waals surface area contributed by atoms with Crippen LogP contribution in [0.1, 0.15) is 21.6 Å². The molecule has 0 aliphatic rings. The summed E-state index contributed by atoms with van der Waals surface area (Å²) in [5.74, 6) is 0.410. The van der Waals surface area contributed by atoms with Crippen molar-refractivity contribution in [2.45, 2.75) is 12.7 Å². The molecule has 3 aromatic rings. The zero-order chi connectivity index (χ0) is 17.2. The van der Waals surface area contributed by atoms with E-state index < -0.39 is 17.6 Å². The van der Waals surface area contributed by atoms with Crippen LogP contribution in [0.4, 0.5) is 13.2 Å². The van der Waals surface area contributed by atoms with Crippen LogP contribution in [0.25, 0.3) is 11.5 Å². The van der Waals surface area contributed by atoms with Gasteiger partial charge < -0.3 is 14.3 Å². The number of nitrogens with one attached hydrogen (secondary N) is 1. The van der Waals surface area contributed by atoms with Crippen molar-refractivity contribution in [3.8, 4) is 11.5 Å². The lowest BCUT2D eigenvalue weighted by Gasteiger charge is -2.07. The molecule has 5 nitrogen and oxygen atoms in total. The maximum absolute atomic E-state index is 12.5. The summed E-state index contributed by atoms with van der Waals surface area (Å²) in [7, 11) is 0. The van der Waals surface area contributed by atoms with E-state index in [0.717, 1.165) is 24.3 Å². The molecule has 0 atom stereocenters. The van der Waals surface area contributed by atoms with Gasteiger partial charge in [0.2, 0.25) is 5.76 Å². The minimum Gasteiger partial charge on any atom is -0.461 e. The molecule has 3 rings (SSSR count). The van der Waals surface area contributed by atoms with Gasteiger partial charge in [-0.3, -0.25) is 4.79 Å². The summed E-state index contributed by atoms with van der Waals surface area (Å²) in [4.78, 5) is 11.9. The van der Waals surface area contributed by atoms with Crippen molar-refractivity contribution in [2.75, 3.05) is 0 Å². The number of furan rings is 1. The molecule has 2 aromatic heterocycles. The summed E-state index contributed by atoms with van der Waals surface area (Å²) in [5.41, 5.74) is -0.224. The first-order chi connectivity index (χ1) is 11.4. The first kappa shape index (κ1) is 15.9. The van der Waals surface area contributed by atoms with Crippen LogP contribution in [0.2, 0.25) is 0 Å². The second kappa shape index (κ2) is 6.23. The summed E-state index contributed by atoms with van der Waals surface area (Å²) < 4.78 is 47.7. The predicted octanol–water partition coefficient (Wildman–Crippen LogP) is 3.88. The summed E-state index contributed by atoms with van der Waals surface area (Å²) >= 11 is 0. The number of aromatic nitrogens is 1. The van der Waals surface area contributed by atoms with Crippen LogP contribution in [-0.2, 0) is 12.7 Å². The molecule has 1 N–H and O–H groups in total. The van der Waals surface area contributed by atoms with Gasteiger partial charge in [0.05, 0.1) is 18.4 Å². The maximum Gasteiger partial charge on any atom is 0.416 e. The standard InChI is InChI=1S/C16H11F3N2O3/c17-16(18,19)11-5-3-10(4-6-11)15(22)20-9-12-8-14(24-21-12)13-2-1-7-23-13/h1-8H,9H2,(H,20,22). The Kier molecular flexibility index (Phi) is 4.11. The van der Waals surface area contributed by atoms with Crippen molar-refractivity contribution >= 4 is 5.91 Å². The molecule has 0 unspecified atom stereocenters. The molecular weight excluding hydrogens is 325 g/mol. The number of carbonyl (C=O) groups excluding carboxylic acids is 1. The SMILES string of the molecule is O=C(NCc1cc(-c2ccco2)on1)c1ccc(C(F)(F)F)cc1. The van der Waals surface area contributed by atoms with E-state index in [-0.39, 0.29) is 12.1 Å². The van der Waals surface area contributed by atoms with Gasteiger partial charge >= 0.3 is 6.18 Å². The number of hydrogen-bond acceptors (Lipinski definition) is 4. The van der Waals surface area contributed by atoms with Crippen LogP contribution < -0.4 is 5.32 Å². The summed E-state index contributed by atoms with van der Waals surface area (Å²) in [5, 5.41) is 6.34. The Hall–Kier alpha value is -3.03. The lowest BCUT2D eigenvalue weighted by Crippen LogP contribution is -2.23. The van der Waals surface area contributed by atoms with Crippen LogP contribution in [0.5, 0.6) is 0 Å². The highest BCUT2D eigenvalue weighted by Gasteiger charge is 2.30. The average Bonchev–Trinajstić information content (AvgIpc) is 3.23. The minimum atomic E-state index is -4.43. The van der Waals surface area contributed by atoms with Crippen molar-refractivity contribution in [1.29, 1.82) is 0 Å². The molecule has 1 amide bonds. The molecule has 0 saturated heterocycles. The molecular formula is C16H11F3N2O3. The van der Waals surface area contributed by atoms with Crippen LogP contribution in [0.3, 0.4) is 0 Å². The van der Waals surface area contributed by atoms with Crippen LogP contribution in [0, 0.1) is 0 Å². The molecule has 0 bridgehead atoms. The molecule has 0 radical (unpaired) electrons. The molecule has 24 heavy (non-hydrogen) atoms. The Labute approximate surface area is 134 Å². The summed E-state index contributed by atoms with van der Waals surface area (Å²) in [6.07, 6.45) is -2.94. The van der Waals surface area contributed by atoms with Gasteiger partial charge in [-0.25, -0.2) is 0 Å². The van der Waals surface area contributed by atoms with E-state index in [4.69, 9.17) is 8.94 Å². The van der Waals surface area contributed by atoms with Crippen LogP contribution in [-0.4, -0.2) is 11.1 Å². The monoisotopic (exact) mass is 336 g/mol. The molecule has 8 heteroatoms. The first-order valence-corrected chi connectivity index (χ1v) is 6.88. The number of nitrogens with zero attached hydrogens (tertiary/aromatic N) is 1. The van der Waals surface area contributed by atoms with E-state index in [1.54, 1.807) is 18.2 Å². The molecule has 2 heterocycles. The Balaban J connectivity index is 1.61. The van der Waals surface area contributed by atoms with Crippen LogP contribution in [0.15, 0.2) is 57.7 Å². The molecule has 0 aliphatic carbocycles. The van der Waals surface area contributed by atoms with Crippen LogP contribution >= 0.6 is 0 Å². The van der Waals surface area contributed by atoms with Gasteiger partial charge in [0.25, 0.3) is 5.91 Å². The normalized spacial score (nSPS) is 11.5. The third-order valence-electron chi connectivity index (χ3n) is 3.23. The number of benzene rings is 1. The largest absolute Gasteiger partial charge is 0.461 e. The first-order valence-electron chi connectivity index (χ1n) is 6.88. The van der Waals surface area contributed by atoms with Crippen molar-refractivity contribution in [2.24, 2.45) is 0 Å². The fraction of sp³-hybridized carbons (Fsp3) is 0.125. The van der Waals surface area contributed by atoms with E-state index in [0.29, 0.717) is 17.2 Å². The van der Waals surface area contributed by atoms with Crippen molar-refractivity contribution in [3.05, 3.63) is 65.5 Å². The van der Waals surface area contributed by atoms with E-state index in [1.807, 2.05) is 0 Å². The predicted molar refractivity (Wildman–Crippen MR) is 76.8 cm³/mol. The van der Waals surface area contributed by atoms with Crippen molar-refractivity contribution < 1.29 is 26.9 Å². The van der Waals surface area contributed by atoms with Gasteiger partial charge in [-0.15, -0.1) is 0 Å². The highest BCUT2D eigenvalue weighted by Crippen LogP contribution is 2.29. The molecule has 124 valence electrons. The van der Waals surface area contributed by atoms with Gasteiger partial charge in [0.1, 0.15) is 5.69 Å². The second-order valence-corrected chi connectivity index (χ2v) is 4.92. The van der Waals surface area contributed by atoms with E-state index in [1.165, 1.54) is 6.26 Å². The lowest BCUT2D eigenvalue weighted by atomic mass is 10.1. The number of halogens is 3. The Bertz CT molecular complexity index is 821. The Morgan fingerprint density at radius 1 is 1.12 bits per heavy atom. The zero-order valence-corrected chi connectivity index (χ0v) is 12.1. The Morgan fingerprint density at radius 3 is 2.50 bits per heavy atom. The quantitative estimate of drug-likeness (QED) is 0.785. The highest BCUT2D eigenvalue weighted by molar-refractivity contribution is 5.94. The number of hydrogen-bond donors (Lipinski definition) is 1. The van der Waals surface area contributed by atoms with Gasteiger partial charge in [0.15, 0.2) is 5.76 Å². The van der Waals surface area contributed by atoms with Gasteiger partial charge in [0, 0.05) is 11.6 Å². The molecule has 0 aliphatic heterocycles. The van der Waals surface area contributed by atoms with Gasteiger partial charge in [-0.2, -0.15) is 13.2 Å². The number of alkyl halides is 3. The topological polar surface area (TPSA) is 68.3 Å². The van der Waals surface area contributed by atoms with Crippen molar-refractivity contribution in [3.63, 3.8) is 0 Å². The highest BCUT2D eigenvalue weighted by atomic mass is 19.4. The number of rotatable bonds is 4. The fourth-order valence-corrected chi connectivity index (χ4v) is 2.01. The van der Waals surface area contributed by atoms with E-state index in [9.17, 15) is 18.0 Å². The number of amides is 1. The Morgan fingerprint density at radius 2 is 1.88 bits per heavy atom. The van der Waals surface area contributed by atoms with Gasteiger partial charge in [-0.1, -0.05) is 5.16 Å². The third-order valence-corrected chi connectivity index (χ3v) is 3.23. The molecule has 0 spiro atoms. The summed E-state index contributed by atoms with van der Waals surface area (Å²) in [6.45, 7) is 0.0735.